The molecule has 0 saturated heterocycles. The fourth-order valence-corrected chi connectivity index (χ4v) is 19.6. The van der Waals surface area contributed by atoms with E-state index in [0.29, 0.717) is 59.1 Å². The van der Waals surface area contributed by atoms with Crippen LogP contribution in [0, 0.1) is 92.7 Å². The first-order valence-corrected chi connectivity index (χ1v) is 31.8. The summed E-state index contributed by atoms with van der Waals surface area (Å²) in [4.78, 5) is 46.0. The van der Waals surface area contributed by atoms with Gasteiger partial charge in [-0.25, -0.2) is 14.4 Å². The Kier molecular flexibility index (Phi) is 18.0. The molecule has 11 heteroatoms. The Hall–Kier alpha value is -3.63. The van der Waals surface area contributed by atoms with Crippen LogP contribution in [0.4, 0.5) is 9.59 Å². The highest BCUT2D eigenvalue weighted by Crippen LogP contribution is 2.69. The summed E-state index contributed by atoms with van der Waals surface area (Å²) in [6, 6.07) is 1.31. The molecular weight excluding hydrogens is 963 g/mol. The number of hydrogen-bond acceptors (Lipinski definition) is 8. The van der Waals surface area contributed by atoms with Crippen LogP contribution in [0.15, 0.2) is 35.4 Å². The fraction of sp³-hybridized carbons (Fsp3) is 0.833. The highest BCUT2D eigenvalue weighted by molar-refractivity contribution is 5.81. The number of amides is 2. The molecule has 432 valence electrons. The minimum Gasteiger partial charge on any atom is -0.492 e. The third-order valence-corrected chi connectivity index (χ3v) is 23.8. The number of nitrogens with one attached hydrogen (secondary N) is 2. The van der Waals surface area contributed by atoms with Crippen LogP contribution in [0.25, 0.3) is 0 Å². The van der Waals surface area contributed by atoms with E-state index in [0.717, 1.165) is 98.2 Å². The second-order valence-electron chi connectivity index (χ2n) is 29.0. The quantitative estimate of drug-likeness (QED) is 0.0745. The molecule has 0 aliphatic heterocycles. The Morgan fingerprint density at radius 2 is 1.06 bits per heavy atom. The van der Waals surface area contributed by atoms with Crippen molar-refractivity contribution in [3.63, 3.8) is 0 Å². The third-order valence-electron chi connectivity index (χ3n) is 23.8. The highest BCUT2D eigenvalue weighted by atomic mass is 16.7. The van der Waals surface area contributed by atoms with Gasteiger partial charge < -0.3 is 35.2 Å². The maximum atomic E-state index is 13.7. The van der Waals surface area contributed by atoms with Gasteiger partial charge in [0, 0.05) is 31.5 Å². The standard InChI is InChI=1S/C66H105N3O8/c1-41(2)15-13-17-43(5)51-24-26-53-49-22-20-45-39-47(30-34-63(45,7)55(49)32-36-65(51,53)9)75-61(73)67-38-12-11-19-57(60(72)77-69-58(70)28-29-59(69)71)68-62(74)76-48-31-35-64(8)46(40-48)21-23-50-54-27-25-52(44(6)18-14-16-42(3)4)66(54,10)37-33-56(50)64/h20-21,28-29,41-44,47-57,70-71H,11-19,22-27,30-40H2,1-10H3,(H,67,73)(H,68,74). The van der Waals surface area contributed by atoms with E-state index in [-0.39, 0.29) is 29.5 Å². The minimum absolute atomic E-state index is 0.104. The number of ether oxygens (including phenoxy) is 2. The lowest BCUT2D eigenvalue weighted by Gasteiger charge is -2.58. The number of alkyl carbamates (subject to hydrolysis) is 2. The smallest absolute Gasteiger partial charge is 0.408 e. The van der Waals surface area contributed by atoms with Gasteiger partial charge in [-0.15, -0.1) is 4.73 Å². The van der Waals surface area contributed by atoms with E-state index < -0.39 is 36.0 Å². The first-order valence-electron chi connectivity index (χ1n) is 31.8. The summed E-state index contributed by atoms with van der Waals surface area (Å²) in [5, 5.41) is 26.3. The summed E-state index contributed by atoms with van der Waals surface area (Å²) in [6.07, 6.45) is 31.0. The number of aromatic nitrogens is 1. The lowest BCUT2D eigenvalue weighted by molar-refractivity contribution is -0.148. The van der Waals surface area contributed by atoms with Crippen LogP contribution in [0.3, 0.4) is 0 Å². The second-order valence-corrected chi connectivity index (χ2v) is 29.0. The van der Waals surface area contributed by atoms with Crippen LogP contribution < -0.4 is 15.5 Å². The van der Waals surface area contributed by atoms with Gasteiger partial charge in [0.05, 0.1) is 0 Å². The van der Waals surface area contributed by atoms with Crippen LogP contribution in [0.5, 0.6) is 11.8 Å². The normalized spacial score (nSPS) is 37.4. The summed E-state index contributed by atoms with van der Waals surface area (Å²) < 4.78 is 12.8. The second kappa shape index (κ2) is 23.8. The molecule has 6 fully saturated rings. The van der Waals surface area contributed by atoms with Crippen molar-refractivity contribution in [1.29, 1.82) is 0 Å². The number of carbonyl (C=O) groups is 3. The molecule has 77 heavy (non-hydrogen) atoms. The molecule has 0 spiro atoms. The Labute approximate surface area is 465 Å². The van der Waals surface area contributed by atoms with Gasteiger partial charge in [0.15, 0.2) is 0 Å². The molecule has 0 bridgehead atoms. The summed E-state index contributed by atoms with van der Waals surface area (Å²) in [5.41, 5.74) is 4.10. The maximum Gasteiger partial charge on any atom is 0.408 e. The minimum atomic E-state index is -1.13. The van der Waals surface area contributed by atoms with Crippen LogP contribution in [-0.4, -0.2) is 57.9 Å². The van der Waals surface area contributed by atoms with Gasteiger partial charge >= 0.3 is 18.2 Å². The molecule has 4 N–H and O–H groups in total. The van der Waals surface area contributed by atoms with Gasteiger partial charge in [0.25, 0.3) is 0 Å². The molecule has 0 aromatic carbocycles. The number of rotatable bonds is 20. The molecule has 11 nitrogen and oxygen atoms in total. The lowest BCUT2D eigenvalue weighted by atomic mass is 9.47. The average Bonchev–Trinajstić information content (AvgIpc) is 4.13. The van der Waals surface area contributed by atoms with Crippen LogP contribution in [0.2, 0.25) is 0 Å². The molecule has 1 aromatic rings. The molecule has 0 radical (unpaired) electrons. The molecule has 2 amide bonds. The predicted octanol–water partition coefficient (Wildman–Crippen LogP) is 15.7. The molecule has 1 heterocycles. The van der Waals surface area contributed by atoms with E-state index in [4.69, 9.17) is 14.3 Å². The zero-order valence-electron chi connectivity index (χ0n) is 49.6. The molecule has 8 aliphatic carbocycles. The van der Waals surface area contributed by atoms with E-state index in [2.05, 4.69) is 92.0 Å². The molecule has 8 aliphatic rings. The van der Waals surface area contributed by atoms with Crippen molar-refractivity contribution in [3.8, 4) is 11.8 Å². The monoisotopic (exact) mass is 1070 g/mol. The van der Waals surface area contributed by atoms with Crippen molar-refractivity contribution in [2.24, 2.45) is 92.7 Å². The van der Waals surface area contributed by atoms with E-state index in [9.17, 15) is 24.6 Å². The van der Waals surface area contributed by atoms with Gasteiger partial charge in [0.1, 0.15) is 18.2 Å². The number of fused-ring (bicyclic) bond motifs is 10. The average molecular weight is 1070 g/mol. The number of unbranched alkanes of at least 4 members (excludes halogenated alkanes) is 1. The number of hydrogen-bond donors (Lipinski definition) is 4. The number of allylic oxidation sites excluding steroid dienone is 2. The van der Waals surface area contributed by atoms with Gasteiger partial charge in [-0.2, -0.15) is 0 Å². The van der Waals surface area contributed by atoms with E-state index in [1.807, 2.05) is 0 Å². The van der Waals surface area contributed by atoms with Gasteiger partial charge in [-0.05, 0) is 202 Å². The van der Waals surface area contributed by atoms with E-state index in [1.165, 1.54) is 113 Å². The van der Waals surface area contributed by atoms with Crippen molar-refractivity contribution in [3.05, 3.63) is 35.4 Å². The zero-order valence-corrected chi connectivity index (χ0v) is 49.6. The molecular formula is C66H105N3O8. The van der Waals surface area contributed by atoms with E-state index in [1.54, 1.807) is 0 Å². The van der Waals surface area contributed by atoms with Crippen molar-refractivity contribution in [2.45, 2.75) is 248 Å². The number of nitrogens with zero attached hydrogens (tertiary/aromatic N) is 1. The highest BCUT2D eigenvalue weighted by Gasteiger charge is 2.61. The molecule has 6 saturated carbocycles. The molecule has 9 rings (SSSR count). The summed E-state index contributed by atoms with van der Waals surface area (Å²) in [7, 11) is 0. The topological polar surface area (TPSA) is 148 Å². The Bertz CT molecular complexity index is 2270. The summed E-state index contributed by atoms with van der Waals surface area (Å²) >= 11 is 0. The fourth-order valence-electron chi connectivity index (χ4n) is 19.6. The zero-order chi connectivity index (χ0) is 55.0. The predicted molar refractivity (Wildman–Crippen MR) is 305 cm³/mol. The largest absolute Gasteiger partial charge is 0.492 e. The summed E-state index contributed by atoms with van der Waals surface area (Å²) in [6.45, 7) is 25.1. The van der Waals surface area contributed by atoms with Crippen molar-refractivity contribution < 1.29 is 38.9 Å². The molecule has 17 atom stereocenters. The number of aromatic hydroxyl groups is 2. The van der Waals surface area contributed by atoms with Gasteiger partial charge in [-0.3, -0.25) is 0 Å². The van der Waals surface area contributed by atoms with Crippen LogP contribution in [0.1, 0.15) is 230 Å². The number of carbonyl (C=O) groups excluding carboxylic acids is 3. The van der Waals surface area contributed by atoms with Gasteiger partial charge in [-0.1, -0.05) is 131 Å². The van der Waals surface area contributed by atoms with Crippen LogP contribution >= 0.6 is 0 Å². The molecule has 17 unspecified atom stereocenters. The van der Waals surface area contributed by atoms with Crippen LogP contribution in [-0.2, 0) is 14.3 Å². The molecule has 1 aromatic heterocycles. The van der Waals surface area contributed by atoms with Crippen molar-refractivity contribution in [1.82, 2.24) is 15.4 Å². The van der Waals surface area contributed by atoms with Crippen molar-refractivity contribution >= 4 is 18.2 Å². The Morgan fingerprint density at radius 1 is 0.584 bits per heavy atom. The maximum absolute atomic E-state index is 13.7. The Morgan fingerprint density at radius 3 is 1.55 bits per heavy atom. The Balaban J connectivity index is 0.738. The van der Waals surface area contributed by atoms with Gasteiger partial charge in [0.2, 0.25) is 11.8 Å². The summed E-state index contributed by atoms with van der Waals surface area (Å²) in [5.74, 6) is 7.51. The first kappa shape index (κ1) is 58.0. The SMILES string of the molecule is CC(C)CCCC(C)C1CCC2C3CC=C4CC(OC(=O)NCCCCC(NC(=O)OC5CCC6(C)C(=CCC7C6CCC6(C)C(C(C)CCCC(C)C)CCC76)C5)C(=O)On5c(O)ccc5O)CCC4(C)C3CCC12C. The lowest BCUT2D eigenvalue weighted by Crippen LogP contribution is -2.51. The first-order chi connectivity index (χ1) is 36.6. The van der Waals surface area contributed by atoms with E-state index >= 15 is 0 Å². The third kappa shape index (κ3) is 11.9. The van der Waals surface area contributed by atoms with Crippen molar-refractivity contribution in [2.75, 3.05) is 6.54 Å².